The Hall–Kier alpha value is -2.19. The van der Waals surface area contributed by atoms with Gasteiger partial charge in [-0.3, -0.25) is 4.79 Å². The van der Waals surface area contributed by atoms with Crippen LogP contribution in [0.4, 0.5) is 5.69 Å². The van der Waals surface area contributed by atoms with Gasteiger partial charge in [0.15, 0.2) is 0 Å². The predicted octanol–water partition coefficient (Wildman–Crippen LogP) is 2.14. The lowest BCUT2D eigenvalue weighted by molar-refractivity contribution is 0.0697. The summed E-state index contributed by atoms with van der Waals surface area (Å²) in [5.41, 5.74) is 1.92. The lowest BCUT2D eigenvalue weighted by Crippen LogP contribution is -2.43. The number of carboxylic acids is 1. The molecule has 1 fully saturated rings. The van der Waals surface area contributed by atoms with E-state index in [4.69, 9.17) is 5.11 Å². The van der Waals surface area contributed by atoms with Gasteiger partial charge in [0.2, 0.25) is 0 Å². The van der Waals surface area contributed by atoms with E-state index in [1.165, 1.54) is 4.68 Å². The molecule has 3 rings (SSSR count). The molecule has 1 aliphatic rings. The van der Waals surface area contributed by atoms with Crippen molar-refractivity contribution in [3.05, 3.63) is 56.4 Å². The van der Waals surface area contributed by atoms with Gasteiger partial charge in [-0.1, -0.05) is 12.1 Å². The molecule has 2 atom stereocenters. The van der Waals surface area contributed by atoms with Crippen LogP contribution in [0.1, 0.15) is 28.3 Å². The van der Waals surface area contributed by atoms with Gasteiger partial charge in [-0.25, -0.2) is 9.48 Å². The third-order valence-corrected chi connectivity index (χ3v) is 5.47. The van der Waals surface area contributed by atoms with Crippen molar-refractivity contribution in [1.82, 2.24) is 14.7 Å². The lowest BCUT2D eigenvalue weighted by Gasteiger charge is -2.36. The predicted molar refractivity (Wildman–Crippen MR) is 103 cm³/mol. The number of hydrogen-bond acceptors (Lipinski definition) is 5. The molecule has 138 valence electrons. The van der Waals surface area contributed by atoms with E-state index in [0.717, 1.165) is 25.1 Å². The highest BCUT2D eigenvalue weighted by molar-refractivity contribution is 9.10. The summed E-state index contributed by atoms with van der Waals surface area (Å²) in [5, 5.41) is 16.5. The molecule has 2 heterocycles. The summed E-state index contributed by atoms with van der Waals surface area (Å²) in [7, 11) is 3.67. The molecule has 7 nitrogen and oxygen atoms in total. The van der Waals surface area contributed by atoms with E-state index in [9.17, 15) is 9.59 Å². The number of rotatable bonds is 4. The van der Waals surface area contributed by atoms with Crippen molar-refractivity contribution in [3.63, 3.8) is 0 Å². The minimum Gasteiger partial charge on any atom is -0.478 e. The average Bonchev–Trinajstić information content (AvgIpc) is 2.62. The van der Waals surface area contributed by atoms with Gasteiger partial charge >= 0.3 is 5.97 Å². The SMILES string of the molecule is CN1C[C@@H](Nc2cnn(C)c(=O)c2Br)C[C@@H](c2ccc(C(=O)O)cc2)C1. The van der Waals surface area contributed by atoms with Crippen molar-refractivity contribution in [3.8, 4) is 0 Å². The first-order valence-electron chi connectivity index (χ1n) is 8.35. The van der Waals surface area contributed by atoms with Crippen LogP contribution in [0.2, 0.25) is 0 Å². The summed E-state index contributed by atoms with van der Waals surface area (Å²) in [6, 6.07) is 7.23. The summed E-state index contributed by atoms with van der Waals surface area (Å²) < 4.78 is 1.76. The Morgan fingerprint density at radius 1 is 1.27 bits per heavy atom. The van der Waals surface area contributed by atoms with Gasteiger partial charge in [-0.2, -0.15) is 5.10 Å². The van der Waals surface area contributed by atoms with E-state index in [0.29, 0.717) is 15.7 Å². The molecule has 0 saturated carbocycles. The quantitative estimate of drug-likeness (QED) is 0.787. The van der Waals surface area contributed by atoms with Crippen LogP contribution in [0.25, 0.3) is 0 Å². The third-order valence-electron chi connectivity index (χ3n) is 4.70. The third kappa shape index (κ3) is 3.96. The zero-order chi connectivity index (χ0) is 18.8. The highest BCUT2D eigenvalue weighted by Gasteiger charge is 2.27. The fourth-order valence-corrected chi connectivity index (χ4v) is 3.87. The van der Waals surface area contributed by atoms with Crippen LogP contribution < -0.4 is 10.9 Å². The maximum Gasteiger partial charge on any atom is 0.335 e. The van der Waals surface area contributed by atoms with E-state index in [1.807, 2.05) is 12.1 Å². The summed E-state index contributed by atoms with van der Waals surface area (Å²) in [4.78, 5) is 25.3. The highest BCUT2D eigenvalue weighted by Crippen LogP contribution is 2.29. The van der Waals surface area contributed by atoms with Crippen LogP contribution in [0.3, 0.4) is 0 Å². The summed E-state index contributed by atoms with van der Waals surface area (Å²) in [6.45, 7) is 1.76. The molecule has 0 amide bonds. The Labute approximate surface area is 159 Å². The van der Waals surface area contributed by atoms with Gasteiger partial charge in [-0.05, 0) is 53.0 Å². The van der Waals surface area contributed by atoms with Crippen LogP contribution in [-0.4, -0.2) is 51.9 Å². The number of carbonyl (C=O) groups is 1. The monoisotopic (exact) mass is 420 g/mol. The Morgan fingerprint density at radius 2 is 1.96 bits per heavy atom. The number of aryl methyl sites for hydroxylation is 1. The van der Waals surface area contributed by atoms with Crippen LogP contribution in [0.15, 0.2) is 39.7 Å². The van der Waals surface area contributed by atoms with E-state index >= 15 is 0 Å². The number of hydrogen-bond donors (Lipinski definition) is 2. The summed E-state index contributed by atoms with van der Waals surface area (Å²) >= 11 is 3.35. The number of aromatic nitrogens is 2. The first kappa shape index (κ1) is 18.6. The number of likely N-dealkylation sites (tertiary alicyclic amines) is 1. The molecule has 0 spiro atoms. The Morgan fingerprint density at radius 3 is 2.62 bits per heavy atom. The van der Waals surface area contributed by atoms with Gasteiger partial charge in [0.1, 0.15) is 4.47 Å². The van der Waals surface area contributed by atoms with Gasteiger partial charge in [-0.15, -0.1) is 0 Å². The second-order valence-electron chi connectivity index (χ2n) is 6.72. The van der Waals surface area contributed by atoms with Crippen LogP contribution in [0, 0.1) is 0 Å². The smallest absolute Gasteiger partial charge is 0.335 e. The standard InChI is InChI=1S/C18H21BrN4O3/c1-22-9-13(11-3-5-12(6-4-11)18(25)26)7-14(10-22)21-15-8-20-23(2)17(24)16(15)19/h3-6,8,13-14,21H,7,9-10H2,1-2H3,(H,25,26)/t13-,14+/m1/s1. The minimum absolute atomic E-state index is 0.156. The Bertz CT molecular complexity index is 866. The molecular weight excluding hydrogens is 400 g/mol. The van der Waals surface area contributed by atoms with E-state index in [-0.39, 0.29) is 17.5 Å². The fourth-order valence-electron chi connectivity index (χ4n) is 3.39. The molecule has 0 radical (unpaired) electrons. The second-order valence-corrected chi connectivity index (χ2v) is 7.52. The van der Waals surface area contributed by atoms with Gasteiger partial charge in [0.05, 0.1) is 17.4 Å². The fraction of sp³-hybridized carbons (Fsp3) is 0.389. The first-order chi connectivity index (χ1) is 12.3. The van der Waals surface area contributed by atoms with Crippen LogP contribution in [0.5, 0.6) is 0 Å². The number of benzene rings is 1. The maximum absolute atomic E-state index is 12.0. The largest absolute Gasteiger partial charge is 0.478 e. The zero-order valence-corrected chi connectivity index (χ0v) is 16.2. The normalized spacial score (nSPS) is 20.7. The second kappa shape index (κ2) is 7.59. The van der Waals surface area contributed by atoms with Crippen molar-refractivity contribution in [2.45, 2.75) is 18.4 Å². The molecule has 0 unspecified atom stereocenters. The number of anilines is 1. The van der Waals surface area contributed by atoms with Gasteiger partial charge < -0.3 is 15.3 Å². The summed E-state index contributed by atoms with van der Waals surface area (Å²) in [5.74, 6) is -0.632. The van der Waals surface area contributed by atoms with Crippen molar-refractivity contribution >= 4 is 27.6 Å². The number of aromatic carboxylic acids is 1. The first-order valence-corrected chi connectivity index (χ1v) is 9.14. The Balaban J connectivity index is 1.77. The molecule has 1 aromatic carbocycles. The molecule has 8 heteroatoms. The lowest BCUT2D eigenvalue weighted by atomic mass is 9.88. The molecule has 2 N–H and O–H groups in total. The van der Waals surface area contributed by atoms with E-state index in [1.54, 1.807) is 25.4 Å². The number of piperidine rings is 1. The molecule has 26 heavy (non-hydrogen) atoms. The molecule has 2 aromatic rings. The molecule has 0 bridgehead atoms. The molecule has 0 aliphatic carbocycles. The minimum atomic E-state index is -0.917. The van der Waals surface area contributed by atoms with E-state index < -0.39 is 5.97 Å². The van der Waals surface area contributed by atoms with Gasteiger partial charge in [0, 0.05) is 26.2 Å². The Kier molecular flexibility index (Phi) is 5.43. The van der Waals surface area contributed by atoms with Gasteiger partial charge in [0.25, 0.3) is 5.56 Å². The highest BCUT2D eigenvalue weighted by atomic mass is 79.9. The summed E-state index contributed by atoms with van der Waals surface area (Å²) in [6.07, 6.45) is 2.54. The average molecular weight is 421 g/mol. The molecular formula is C18H21BrN4O3. The van der Waals surface area contributed by atoms with Crippen LogP contribution in [-0.2, 0) is 7.05 Å². The van der Waals surface area contributed by atoms with Crippen molar-refractivity contribution in [2.75, 3.05) is 25.5 Å². The van der Waals surface area contributed by atoms with Crippen molar-refractivity contribution in [1.29, 1.82) is 0 Å². The zero-order valence-electron chi connectivity index (χ0n) is 14.6. The number of likely N-dealkylation sites (N-methyl/N-ethyl adjacent to an activating group) is 1. The van der Waals surface area contributed by atoms with Crippen molar-refractivity contribution < 1.29 is 9.90 Å². The topological polar surface area (TPSA) is 87.5 Å². The van der Waals surface area contributed by atoms with E-state index in [2.05, 4.69) is 38.3 Å². The number of halogens is 1. The van der Waals surface area contributed by atoms with Crippen molar-refractivity contribution in [2.24, 2.45) is 7.05 Å². The number of nitrogens with one attached hydrogen (secondary N) is 1. The van der Waals surface area contributed by atoms with Crippen LogP contribution >= 0.6 is 15.9 Å². The molecule has 1 aliphatic heterocycles. The number of nitrogens with zero attached hydrogens (tertiary/aromatic N) is 3. The number of carboxylic acid groups (broad SMARTS) is 1. The molecule has 1 aromatic heterocycles. The molecule has 1 saturated heterocycles. The maximum atomic E-state index is 12.0.